The molecule has 0 unspecified atom stereocenters. The van der Waals surface area contributed by atoms with Crippen LogP contribution in [0.25, 0.3) is 0 Å². The zero-order valence-corrected chi connectivity index (χ0v) is 9.27. The highest BCUT2D eigenvalue weighted by molar-refractivity contribution is 5.41. The van der Waals surface area contributed by atoms with E-state index in [9.17, 15) is 4.39 Å². The van der Waals surface area contributed by atoms with Gasteiger partial charge in [0.15, 0.2) is 11.6 Å². The van der Waals surface area contributed by atoms with E-state index in [1.54, 1.807) is 24.3 Å². The quantitative estimate of drug-likeness (QED) is 0.781. The molecule has 2 aromatic rings. The molecule has 0 fully saturated rings. The third kappa shape index (κ3) is 2.43. The Morgan fingerprint density at radius 2 is 1.82 bits per heavy atom. The first-order valence-corrected chi connectivity index (χ1v) is 5.14. The lowest BCUT2D eigenvalue weighted by Crippen LogP contribution is -1.91. The van der Waals surface area contributed by atoms with Crippen LogP contribution < -0.4 is 4.74 Å². The summed E-state index contributed by atoms with van der Waals surface area (Å²) in [4.78, 5) is 0. The largest absolute Gasteiger partial charge is 0.454 e. The minimum atomic E-state index is -0.629. The zero-order chi connectivity index (χ0) is 12.3. The number of aryl methyl sites for hydroxylation is 1. The minimum Gasteiger partial charge on any atom is -0.454 e. The Balaban J connectivity index is 2.31. The van der Waals surface area contributed by atoms with Crippen LogP contribution in [0.3, 0.4) is 0 Å². The molecule has 0 saturated carbocycles. The van der Waals surface area contributed by atoms with E-state index in [4.69, 9.17) is 10.00 Å². The van der Waals surface area contributed by atoms with Crippen LogP contribution in [0.4, 0.5) is 4.39 Å². The van der Waals surface area contributed by atoms with Gasteiger partial charge in [-0.2, -0.15) is 5.26 Å². The van der Waals surface area contributed by atoms with Crippen molar-refractivity contribution in [2.24, 2.45) is 0 Å². The summed E-state index contributed by atoms with van der Waals surface area (Å²) in [5, 5.41) is 8.70. The number of benzene rings is 2. The summed E-state index contributed by atoms with van der Waals surface area (Å²) in [6.07, 6.45) is 0. The molecule has 3 heteroatoms. The van der Waals surface area contributed by atoms with E-state index >= 15 is 0 Å². The molecular weight excluding hydrogens is 217 g/mol. The van der Waals surface area contributed by atoms with E-state index in [1.807, 2.05) is 19.1 Å². The Morgan fingerprint density at radius 3 is 2.47 bits per heavy atom. The van der Waals surface area contributed by atoms with Crippen molar-refractivity contribution in [3.05, 3.63) is 59.4 Å². The number of ether oxygens (including phenoxy) is 1. The molecule has 0 saturated heterocycles. The average Bonchev–Trinajstić information content (AvgIpc) is 2.35. The fourth-order valence-corrected chi connectivity index (χ4v) is 1.41. The highest BCUT2D eigenvalue weighted by Crippen LogP contribution is 2.26. The third-order valence-electron chi connectivity index (χ3n) is 2.33. The molecule has 2 nitrogen and oxygen atoms in total. The van der Waals surface area contributed by atoms with Crippen molar-refractivity contribution in [2.45, 2.75) is 6.92 Å². The lowest BCUT2D eigenvalue weighted by atomic mass is 10.2. The smallest absolute Gasteiger partial charge is 0.183 e. The van der Waals surface area contributed by atoms with Gasteiger partial charge in [-0.05, 0) is 31.2 Å². The molecular formula is C14H10FNO. The van der Waals surface area contributed by atoms with E-state index in [1.165, 1.54) is 12.1 Å². The predicted molar refractivity (Wildman–Crippen MR) is 62.4 cm³/mol. The van der Waals surface area contributed by atoms with Gasteiger partial charge in [0.2, 0.25) is 0 Å². The Hall–Kier alpha value is -2.34. The van der Waals surface area contributed by atoms with E-state index in [-0.39, 0.29) is 11.3 Å². The summed E-state index contributed by atoms with van der Waals surface area (Å²) in [5.41, 5.74) is 1.08. The Bertz CT molecular complexity index is 570. The molecule has 2 aromatic carbocycles. The molecule has 0 N–H and O–H groups in total. The van der Waals surface area contributed by atoms with Crippen LogP contribution in [0.15, 0.2) is 42.5 Å². The molecule has 0 heterocycles. The van der Waals surface area contributed by atoms with Crippen molar-refractivity contribution in [1.82, 2.24) is 0 Å². The summed E-state index contributed by atoms with van der Waals surface area (Å²) in [6, 6.07) is 13.5. The minimum absolute atomic E-state index is 0.0189. The maximum absolute atomic E-state index is 13.7. The first kappa shape index (κ1) is 11.2. The summed E-state index contributed by atoms with van der Waals surface area (Å²) in [6.45, 7) is 1.96. The number of nitriles is 1. The maximum Gasteiger partial charge on any atom is 0.183 e. The first-order valence-electron chi connectivity index (χ1n) is 5.14. The Morgan fingerprint density at radius 1 is 1.12 bits per heavy atom. The Labute approximate surface area is 98.9 Å². The van der Waals surface area contributed by atoms with Crippen molar-refractivity contribution in [3.8, 4) is 17.6 Å². The zero-order valence-electron chi connectivity index (χ0n) is 9.27. The number of hydrogen-bond acceptors (Lipinski definition) is 2. The van der Waals surface area contributed by atoms with Crippen LogP contribution in [-0.4, -0.2) is 0 Å². The number of nitrogens with zero attached hydrogens (tertiary/aromatic N) is 1. The molecule has 0 radical (unpaired) electrons. The predicted octanol–water partition coefficient (Wildman–Crippen LogP) is 3.80. The topological polar surface area (TPSA) is 33.0 Å². The van der Waals surface area contributed by atoms with E-state index in [0.717, 1.165) is 5.56 Å². The average molecular weight is 227 g/mol. The van der Waals surface area contributed by atoms with Gasteiger partial charge in [-0.3, -0.25) is 0 Å². The normalized spacial score (nSPS) is 9.71. The molecule has 2 rings (SSSR count). The molecule has 0 aliphatic carbocycles. The SMILES string of the molecule is Cc1ccc(Oc2cccc(C#N)c2F)cc1. The molecule has 0 atom stereocenters. The van der Waals surface area contributed by atoms with Gasteiger partial charge in [-0.25, -0.2) is 4.39 Å². The third-order valence-corrected chi connectivity index (χ3v) is 2.33. The molecule has 17 heavy (non-hydrogen) atoms. The fraction of sp³-hybridized carbons (Fsp3) is 0.0714. The molecule has 0 aliphatic heterocycles. The van der Waals surface area contributed by atoms with Crippen LogP contribution in [0.5, 0.6) is 11.5 Å². The first-order chi connectivity index (χ1) is 8.20. The maximum atomic E-state index is 13.7. The number of rotatable bonds is 2. The molecule has 84 valence electrons. The van der Waals surface area contributed by atoms with Crippen molar-refractivity contribution in [2.75, 3.05) is 0 Å². The van der Waals surface area contributed by atoms with Gasteiger partial charge < -0.3 is 4.74 Å². The second-order valence-corrected chi connectivity index (χ2v) is 3.64. The van der Waals surface area contributed by atoms with Crippen molar-refractivity contribution in [1.29, 1.82) is 5.26 Å². The second-order valence-electron chi connectivity index (χ2n) is 3.64. The molecule has 0 spiro atoms. The van der Waals surface area contributed by atoms with Gasteiger partial charge in [-0.15, -0.1) is 0 Å². The van der Waals surface area contributed by atoms with Gasteiger partial charge in [0.1, 0.15) is 11.8 Å². The summed E-state index contributed by atoms with van der Waals surface area (Å²) in [5.74, 6) is -0.0203. The van der Waals surface area contributed by atoms with Gasteiger partial charge in [0, 0.05) is 0 Å². The summed E-state index contributed by atoms with van der Waals surface area (Å²) >= 11 is 0. The number of hydrogen-bond donors (Lipinski definition) is 0. The Kier molecular flexibility index (Phi) is 3.06. The van der Waals surface area contributed by atoms with E-state index in [0.29, 0.717) is 5.75 Å². The van der Waals surface area contributed by atoms with Crippen LogP contribution in [0, 0.1) is 24.1 Å². The highest BCUT2D eigenvalue weighted by atomic mass is 19.1. The van der Waals surface area contributed by atoms with E-state index in [2.05, 4.69) is 0 Å². The lowest BCUT2D eigenvalue weighted by Gasteiger charge is -2.07. The van der Waals surface area contributed by atoms with Gasteiger partial charge in [0.05, 0.1) is 5.56 Å². The van der Waals surface area contributed by atoms with Crippen LogP contribution in [-0.2, 0) is 0 Å². The molecule has 0 aromatic heterocycles. The molecule has 0 bridgehead atoms. The van der Waals surface area contributed by atoms with Crippen LogP contribution in [0.2, 0.25) is 0 Å². The second kappa shape index (κ2) is 4.67. The van der Waals surface area contributed by atoms with Crippen molar-refractivity contribution >= 4 is 0 Å². The lowest BCUT2D eigenvalue weighted by molar-refractivity contribution is 0.441. The summed E-state index contributed by atoms with van der Waals surface area (Å²) in [7, 11) is 0. The standard InChI is InChI=1S/C14H10FNO/c1-10-5-7-12(8-6-10)17-13-4-2-3-11(9-16)14(13)15/h2-8H,1H3. The van der Waals surface area contributed by atoms with E-state index < -0.39 is 5.82 Å². The highest BCUT2D eigenvalue weighted by Gasteiger charge is 2.09. The fourth-order valence-electron chi connectivity index (χ4n) is 1.41. The van der Waals surface area contributed by atoms with Crippen LogP contribution >= 0.6 is 0 Å². The monoisotopic (exact) mass is 227 g/mol. The van der Waals surface area contributed by atoms with Gasteiger partial charge >= 0.3 is 0 Å². The summed E-state index contributed by atoms with van der Waals surface area (Å²) < 4.78 is 19.1. The number of halogens is 1. The van der Waals surface area contributed by atoms with Gasteiger partial charge in [0.25, 0.3) is 0 Å². The van der Waals surface area contributed by atoms with Gasteiger partial charge in [-0.1, -0.05) is 23.8 Å². The molecule has 0 amide bonds. The van der Waals surface area contributed by atoms with Crippen molar-refractivity contribution < 1.29 is 9.13 Å². The molecule has 0 aliphatic rings. The van der Waals surface area contributed by atoms with Crippen LogP contribution in [0.1, 0.15) is 11.1 Å². The van der Waals surface area contributed by atoms with Crippen molar-refractivity contribution in [3.63, 3.8) is 0 Å².